The molecule has 6 nitrogen and oxygen atoms in total. The fourth-order valence-electron chi connectivity index (χ4n) is 2.53. The van der Waals surface area contributed by atoms with Crippen LogP contribution >= 0.6 is 0 Å². The van der Waals surface area contributed by atoms with Gasteiger partial charge in [0.05, 0.1) is 0 Å². The van der Waals surface area contributed by atoms with Gasteiger partial charge < -0.3 is 14.6 Å². The van der Waals surface area contributed by atoms with Crippen molar-refractivity contribution >= 4 is 11.8 Å². The molecule has 126 valence electrons. The third-order valence-corrected chi connectivity index (χ3v) is 3.56. The number of anilines is 1. The molecule has 0 fully saturated rings. The maximum Gasteiger partial charge on any atom is 0.433 e. The van der Waals surface area contributed by atoms with E-state index < -0.39 is 30.2 Å². The Morgan fingerprint density at radius 3 is 2.75 bits per heavy atom. The average Bonchev–Trinajstić information content (AvgIpc) is 2.53. The highest BCUT2D eigenvalue weighted by atomic mass is 19.4. The van der Waals surface area contributed by atoms with E-state index in [1.807, 2.05) is 0 Å². The van der Waals surface area contributed by atoms with Gasteiger partial charge in [0.2, 0.25) is 0 Å². The molecule has 1 aromatic heterocycles. The summed E-state index contributed by atoms with van der Waals surface area (Å²) in [6.07, 6.45) is -5.57. The van der Waals surface area contributed by atoms with Gasteiger partial charge in [-0.1, -0.05) is 18.2 Å². The Kier molecular flexibility index (Phi) is 4.00. The van der Waals surface area contributed by atoms with Crippen LogP contribution in [0, 0.1) is 0 Å². The van der Waals surface area contributed by atoms with E-state index in [1.54, 1.807) is 24.3 Å². The second-order valence-electron chi connectivity index (χ2n) is 5.10. The summed E-state index contributed by atoms with van der Waals surface area (Å²) < 4.78 is 43.4. The summed E-state index contributed by atoms with van der Waals surface area (Å²) in [5.74, 6) is 0. The Labute approximate surface area is 134 Å². The Morgan fingerprint density at radius 2 is 2.04 bits per heavy atom. The summed E-state index contributed by atoms with van der Waals surface area (Å²) in [4.78, 5) is 19.2. The third kappa shape index (κ3) is 3.10. The maximum absolute atomic E-state index is 12.7. The largest absolute Gasteiger partial charge is 0.530 e. The molecule has 2 aromatic rings. The topological polar surface area (TPSA) is 78.4 Å². The molecule has 1 aliphatic heterocycles. The second kappa shape index (κ2) is 5.99. The lowest BCUT2D eigenvalue weighted by Gasteiger charge is -2.38. The van der Waals surface area contributed by atoms with Crippen LogP contribution in [-0.4, -0.2) is 22.3 Å². The molecule has 3 rings (SSSR count). The van der Waals surface area contributed by atoms with Crippen LogP contribution in [0.3, 0.4) is 0 Å². The summed E-state index contributed by atoms with van der Waals surface area (Å²) in [6, 6.07) is 6.93. The lowest BCUT2D eigenvalue weighted by Crippen LogP contribution is -2.52. The maximum atomic E-state index is 12.7. The van der Waals surface area contributed by atoms with E-state index in [1.165, 1.54) is 0 Å². The lowest BCUT2D eigenvalue weighted by molar-refractivity contribution is -0.248. The summed E-state index contributed by atoms with van der Waals surface area (Å²) in [5, 5.41) is 11.5. The van der Waals surface area contributed by atoms with Crippen molar-refractivity contribution < 1.29 is 27.8 Å². The number of hydrogen-bond donors (Lipinski definition) is 0. The smallest absolute Gasteiger partial charge is 0.433 e. The number of benzene rings is 1. The second-order valence-corrected chi connectivity index (χ2v) is 5.10. The Bertz CT molecular complexity index is 767. The Hall–Kier alpha value is -2.84. The van der Waals surface area contributed by atoms with E-state index in [0.717, 1.165) is 16.7 Å². The average molecular weight is 338 g/mol. The van der Waals surface area contributed by atoms with E-state index in [9.17, 15) is 23.1 Å². The lowest BCUT2D eigenvalue weighted by atomic mass is 10.0. The van der Waals surface area contributed by atoms with Crippen LogP contribution in [0.4, 0.5) is 23.7 Å². The molecular weight excluding hydrogens is 327 g/mol. The van der Waals surface area contributed by atoms with Gasteiger partial charge in [-0.15, -0.1) is 0 Å². The molecule has 1 amide bonds. The fourth-order valence-corrected chi connectivity index (χ4v) is 2.53. The molecule has 0 saturated carbocycles. The van der Waals surface area contributed by atoms with Crippen LogP contribution in [0.2, 0.25) is 0 Å². The number of rotatable bonds is 2. The monoisotopic (exact) mass is 338 g/mol. The highest BCUT2D eigenvalue weighted by Gasteiger charge is 2.34. The number of aromatic nitrogens is 2. The minimum absolute atomic E-state index is 0.241. The van der Waals surface area contributed by atoms with Crippen LogP contribution in [0.25, 0.3) is 0 Å². The Morgan fingerprint density at radius 1 is 1.29 bits per heavy atom. The Balaban J connectivity index is 1.89. The minimum atomic E-state index is -4.64. The van der Waals surface area contributed by atoms with E-state index in [-0.39, 0.29) is 6.42 Å². The number of amides is 1. The summed E-state index contributed by atoms with van der Waals surface area (Å²) in [6.45, 7) is 0. The minimum Gasteiger partial charge on any atom is -0.530 e. The standard InChI is InChI=1S/C15H12F3N3O3/c16-15(17,18)11-7-8-19-13(20-11)24-12-6-5-9-3-1-2-4-10(9)21(12)14(22)23/h1-4,7-8,12H,5-6H2,(H,22,23)/p-1. The number of fused-ring (bicyclic) bond motifs is 1. The quantitative estimate of drug-likeness (QED) is 0.837. The van der Waals surface area contributed by atoms with Crippen molar-refractivity contribution in [3.8, 4) is 6.01 Å². The van der Waals surface area contributed by atoms with Crippen molar-refractivity contribution in [1.82, 2.24) is 9.97 Å². The number of halogens is 3. The van der Waals surface area contributed by atoms with Gasteiger partial charge in [0.1, 0.15) is 6.09 Å². The zero-order chi connectivity index (χ0) is 17.3. The van der Waals surface area contributed by atoms with Gasteiger partial charge in [-0.2, -0.15) is 18.2 Å². The molecule has 1 unspecified atom stereocenters. The molecule has 2 heterocycles. The zero-order valence-corrected chi connectivity index (χ0v) is 12.2. The molecule has 1 atom stereocenters. The predicted octanol–water partition coefficient (Wildman–Crippen LogP) is 2.00. The van der Waals surface area contributed by atoms with Gasteiger partial charge in [0, 0.05) is 18.3 Å². The summed E-state index contributed by atoms with van der Waals surface area (Å²) >= 11 is 0. The highest BCUT2D eigenvalue weighted by Crippen LogP contribution is 2.32. The summed E-state index contributed by atoms with van der Waals surface area (Å²) in [7, 11) is 0. The van der Waals surface area contributed by atoms with Crippen molar-refractivity contribution in [3.05, 3.63) is 47.8 Å². The highest BCUT2D eigenvalue weighted by molar-refractivity contribution is 5.86. The van der Waals surface area contributed by atoms with Crippen LogP contribution in [0.1, 0.15) is 17.7 Å². The molecule has 0 N–H and O–H groups in total. The van der Waals surface area contributed by atoms with Gasteiger partial charge in [-0.25, -0.2) is 4.98 Å². The van der Waals surface area contributed by atoms with Crippen molar-refractivity contribution in [2.45, 2.75) is 25.2 Å². The number of hydrogen-bond acceptors (Lipinski definition) is 5. The number of aryl methyl sites for hydroxylation is 1. The number of para-hydroxylation sites is 1. The molecule has 24 heavy (non-hydrogen) atoms. The fraction of sp³-hybridized carbons (Fsp3) is 0.267. The third-order valence-electron chi connectivity index (χ3n) is 3.56. The molecule has 0 bridgehead atoms. The first kappa shape index (κ1) is 16.0. The SMILES string of the molecule is O=C([O-])N1c2ccccc2CCC1Oc1nccc(C(F)(F)F)n1. The molecular formula is C15H11F3N3O3-. The first-order valence-corrected chi connectivity index (χ1v) is 7.01. The molecule has 0 aliphatic carbocycles. The predicted molar refractivity (Wildman–Crippen MR) is 74.1 cm³/mol. The van der Waals surface area contributed by atoms with Gasteiger partial charge in [-0.3, -0.25) is 4.90 Å². The number of nitrogens with zero attached hydrogens (tertiary/aromatic N) is 3. The van der Waals surface area contributed by atoms with Crippen LogP contribution in [0.15, 0.2) is 36.5 Å². The first-order chi connectivity index (χ1) is 11.4. The van der Waals surface area contributed by atoms with Gasteiger partial charge in [0.15, 0.2) is 11.9 Å². The number of carbonyl (C=O) groups excluding carboxylic acids is 1. The van der Waals surface area contributed by atoms with E-state index in [0.29, 0.717) is 18.2 Å². The number of carbonyl (C=O) groups is 1. The summed E-state index contributed by atoms with van der Waals surface area (Å²) in [5.41, 5.74) is -0.00375. The number of ether oxygens (including phenoxy) is 1. The van der Waals surface area contributed by atoms with Crippen LogP contribution in [0.5, 0.6) is 6.01 Å². The molecule has 9 heteroatoms. The zero-order valence-electron chi connectivity index (χ0n) is 12.2. The van der Waals surface area contributed by atoms with Gasteiger partial charge >= 0.3 is 12.2 Å². The van der Waals surface area contributed by atoms with Gasteiger partial charge in [-0.05, 0) is 24.1 Å². The van der Waals surface area contributed by atoms with E-state index >= 15 is 0 Å². The molecule has 0 spiro atoms. The van der Waals surface area contributed by atoms with Crippen molar-refractivity contribution in [1.29, 1.82) is 0 Å². The molecule has 0 radical (unpaired) electrons. The van der Waals surface area contributed by atoms with Crippen LogP contribution < -0.4 is 14.7 Å². The van der Waals surface area contributed by atoms with Crippen molar-refractivity contribution in [2.24, 2.45) is 0 Å². The number of carboxylic acid groups (broad SMARTS) is 1. The molecule has 1 aromatic carbocycles. The van der Waals surface area contributed by atoms with Crippen molar-refractivity contribution in [2.75, 3.05) is 4.90 Å². The van der Waals surface area contributed by atoms with Gasteiger partial charge in [0.25, 0.3) is 0 Å². The first-order valence-electron chi connectivity index (χ1n) is 7.01. The molecule has 0 saturated heterocycles. The van der Waals surface area contributed by atoms with Crippen LogP contribution in [-0.2, 0) is 12.6 Å². The van der Waals surface area contributed by atoms with E-state index in [4.69, 9.17) is 4.74 Å². The number of alkyl halides is 3. The normalized spacial score (nSPS) is 17.3. The van der Waals surface area contributed by atoms with Crippen molar-refractivity contribution in [3.63, 3.8) is 0 Å². The van der Waals surface area contributed by atoms with E-state index in [2.05, 4.69) is 9.97 Å². The molecule has 1 aliphatic rings.